The van der Waals surface area contributed by atoms with Crippen molar-refractivity contribution in [3.8, 4) is 0 Å². The molecule has 2 unspecified atom stereocenters. The number of allylic oxidation sites excluding steroid dienone is 1. The van der Waals surface area contributed by atoms with Crippen molar-refractivity contribution >= 4 is 17.1 Å². The van der Waals surface area contributed by atoms with Gasteiger partial charge in [-0.2, -0.15) is 0 Å². The quantitative estimate of drug-likeness (QED) is 0.525. The average Bonchev–Trinajstić information content (AvgIpc) is 2.92. The average molecular weight is 381 g/mol. The van der Waals surface area contributed by atoms with Crippen LogP contribution in [-0.2, 0) is 9.59 Å². The van der Waals surface area contributed by atoms with Gasteiger partial charge in [0.1, 0.15) is 5.92 Å². The van der Waals surface area contributed by atoms with E-state index in [1.54, 1.807) is 0 Å². The number of Topliss-reactive ketones (excluding diaryl/α,β-unsaturated/α-hetero) is 2. The summed E-state index contributed by atoms with van der Waals surface area (Å²) in [5.41, 5.74) is 4.13. The second-order valence-corrected chi connectivity index (χ2v) is 9.64. The van der Waals surface area contributed by atoms with Crippen molar-refractivity contribution in [3.63, 3.8) is 0 Å². The Bertz CT molecular complexity index is 773. The summed E-state index contributed by atoms with van der Waals surface area (Å²) >= 11 is 0. The minimum atomic E-state index is -0.553. The topological polar surface area (TPSA) is 34.1 Å². The summed E-state index contributed by atoms with van der Waals surface area (Å²) in [6.07, 6.45) is 5.01. The molecule has 0 radical (unpaired) electrons. The van der Waals surface area contributed by atoms with Crippen LogP contribution in [0.2, 0.25) is 0 Å². The molecule has 0 saturated heterocycles. The maximum atomic E-state index is 13.8. The highest BCUT2D eigenvalue weighted by atomic mass is 16.2. The van der Waals surface area contributed by atoms with Crippen LogP contribution < -0.4 is 0 Å². The van der Waals surface area contributed by atoms with E-state index in [0.717, 1.165) is 47.9 Å². The standard InChI is InChI=1S/C26H36O2/c1-7-8-21-22-14-18(15(2)3)10-12-20(22)24(25(21)27)26(28)23-13-17(6)9-11-19(23)16(4)5/h10,12,14,16-17,19,21,23-24H,2,7-9,11,13H2,1,3-6H3/t17-,19+,21?,23-,24?/m1/s1. The smallest absolute Gasteiger partial charge is 0.155 e. The van der Waals surface area contributed by atoms with Crippen molar-refractivity contribution in [1.82, 2.24) is 0 Å². The van der Waals surface area contributed by atoms with Gasteiger partial charge in [0.15, 0.2) is 11.6 Å². The van der Waals surface area contributed by atoms with Gasteiger partial charge in [-0.15, -0.1) is 0 Å². The van der Waals surface area contributed by atoms with E-state index in [2.05, 4.69) is 40.3 Å². The molecule has 0 bridgehead atoms. The van der Waals surface area contributed by atoms with E-state index in [4.69, 9.17) is 0 Å². The predicted octanol–water partition coefficient (Wildman–Crippen LogP) is 6.55. The maximum Gasteiger partial charge on any atom is 0.155 e. The third-order valence-corrected chi connectivity index (χ3v) is 7.14. The Kier molecular flexibility index (Phi) is 6.27. The molecule has 1 fully saturated rings. The van der Waals surface area contributed by atoms with E-state index < -0.39 is 5.92 Å². The number of fused-ring (bicyclic) bond motifs is 1. The molecule has 0 amide bonds. The summed E-state index contributed by atoms with van der Waals surface area (Å²) in [5, 5.41) is 0. The van der Waals surface area contributed by atoms with Crippen LogP contribution >= 0.6 is 0 Å². The first-order chi connectivity index (χ1) is 13.3. The second-order valence-electron chi connectivity index (χ2n) is 9.64. The van der Waals surface area contributed by atoms with Gasteiger partial charge in [-0.05, 0) is 60.6 Å². The van der Waals surface area contributed by atoms with E-state index in [0.29, 0.717) is 17.8 Å². The van der Waals surface area contributed by atoms with Crippen molar-refractivity contribution < 1.29 is 9.59 Å². The molecule has 2 heteroatoms. The van der Waals surface area contributed by atoms with Gasteiger partial charge < -0.3 is 0 Å². The molecule has 2 aliphatic carbocycles. The third-order valence-electron chi connectivity index (χ3n) is 7.14. The van der Waals surface area contributed by atoms with E-state index in [1.165, 1.54) is 6.42 Å². The van der Waals surface area contributed by atoms with Crippen LogP contribution in [0, 0.1) is 23.7 Å². The number of hydrogen-bond acceptors (Lipinski definition) is 2. The fourth-order valence-corrected chi connectivity index (χ4v) is 5.54. The number of benzene rings is 1. The first kappa shape index (κ1) is 21.0. The van der Waals surface area contributed by atoms with Crippen LogP contribution in [0.5, 0.6) is 0 Å². The Labute approximate surface area is 170 Å². The fraction of sp³-hybridized carbons (Fsp3) is 0.615. The van der Waals surface area contributed by atoms with E-state index in [-0.39, 0.29) is 23.4 Å². The lowest BCUT2D eigenvalue weighted by Gasteiger charge is -2.37. The first-order valence-electron chi connectivity index (χ1n) is 11.1. The number of carbonyl (C=O) groups excluding carboxylic acids is 2. The van der Waals surface area contributed by atoms with Crippen LogP contribution in [0.4, 0.5) is 0 Å². The molecule has 0 aliphatic heterocycles. The Hall–Kier alpha value is -1.70. The van der Waals surface area contributed by atoms with Gasteiger partial charge in [0.2, 0.25) is 0 Å². The second kappa shape index (κ2) is 8.35. The molecule has 152 valence electrons. The summed E-state index contributed by atoms with van der Waals surface area (Å²) in [6, 6.07) is 6.19. The van der Waals surface area contributed by atoms with Crippen molar-refractivity contribution in [1.29, 1.82) is 0 Å². The van der Waals surface area contributed by atoms with Gasteiger partial charge in [0.05, 0.1) is 0 Å². The van der Waals surface area contributed by atoms with E-state index >= 15 is 0 Å². The molecule has 1 aromatic carbocycles. The molecule has 2 nitrogen and oxygen atoms in total. The lowest BCUT2D eigenvalue weighted by atomic mass is 9.66. The molecule has 5 atom stereocenters. The van der Waals surface area contributed by atoms with Gasteiger partial charge in [-0.1, -0.05) is 70.9 Å². The molecule has 28 heavy (non-hydrogen) atoms. The predicted molar refractivity (Wildman–Crippen MR) is 116 cm³/mol. The van der Waals surface area contributed by atoms with Crippen LogP contribution in [-0.4, -0.2) is 11.6 Å². The molecular weight excluding hydrogens is 344 g/mol. The highest BCUT2D eigenvalue weighted by Gasteiger charge is 2.47. The number of ketones is 2. The lowest BCUT2D eigenvalue weighted by Crippen LogP contribution is -2.37. The van der Waals surface area contributed by atoms with Crippen molar-refractivity contribution in [2.45, 2.75) is 78.6 Å². The molecule has 3 rings (SSSR count). The zero-order valence-electron chi connectivity index (χ0n) is 18.3. The largest absolute Gasteiger partial charge is 0.298 e. The van der Waals surface area contributed by atoms with Crippen LogP contribution in [0.15, 0.2) is 24.8 Å². The summed E-state index contributed by atoms with van der Waals surface area (Å²) in [7, 11) is 0. The van der Waals surface area contributed by atoms with Gasteiger partial charge in [-0.3, -0.25) is 9.59 Å². The molecule has 0 heterocycles. The third kappa shape index (κ3) is 3.75. The summed E-state index contributed by atoms with van der Waals surface area (Å²) < 4.78 is 0. The molecule has 0 N–H and O–H groups in total. The number of rotatable bonds is 6. The van der Waals surface area contributed by atoms with Crippen molar-refractivity contribution in [3.05, 3.63) is 41.5 Å². The zero-order chi connectivity index (χ0) is 20.6. The number of hydrogen-bond donors (Lipinski definition) is 0. The van der Waals surface area contributed by atoms with Crippen LogP contribution in [0.25, 0.3) is 5.57 Å². The Morgan fingerprint density at radius 2 is 1.93 bits per heavy atom. The highest BCUT2D eigenvalue weighted by molar-refractivity contribution is 6.14. The monoisotopic (exact) mass is 380 g/mol. The Morgan fingerprint density at radius 3 is 2.54 bits per heavy atom. The highest BCUT2D eigenvalue weighted by Crippen LogP contribution is 2.47. The molecule has 0 spiro atoms. The van der Waals surface area contributed by atoms with E-state index in [1.807, 2.05) is 19.1 Å². The first-order valence-corrected chi connectivity index (χ1v) is 11.1. The van der Waals surface area contributed by atoms with Gasteiger partial charge in [-0.25, -0.2) is 0 Å². The van der Waals surface area contributed by atoms with Gasteiger partial charge in [0.25, 0.3) is 0 Å². The minimum absolute atomic E-state index is 0.0201. The zero-order valence-corrected chi connectivity index (χ0v) is 18.3. The van der Waals surface area contributed by atoms with Crippen molar-refractivity contribution in [2.75, 3.05) is 0 Å². The Balaban J connectivity index is 2.00. The SMILES string of the molecule is C=C(C)c1ccc2c(c1)C(CCC)C(=O)C2C(=O)[C@@H]1C[C@H](C)CC[C@H]1C(C)C. The summed E-state index contributed by atoms with van der Waals surface area (Å²) in [4.78, 5) is 27.2. The molecular formula is C26H36O2. The summed E-state index contributed by atoms with van der Waals surface area (Å²) in [5.74, 6) is 1.12. The van der Waals surface area contributed by atoms with E-state index in [9.17, 15) is 9.59 Å². The molecule has 0 aromatic heterocycles. The normalized spacial score (nSPS) is 29.8. The fourth-order valence-electron chi connectivity index (χ4n) is 5.54. The van der Waals surface area contributed by atoms with Crippen LogP contribution in [0.3, 0.4) is 0 Å². The Morgan fingerprint density at radius 1 is 1.21 bits per heavy atom. The van der Waals surface area contributed by atoms with Crippen LogP contribution in [0.1, 0.15) is 95.2 Å². The molecule has 1 saturated carbocycles. The molecule has 2 aliphatic rings. The molecule has 1 aromatic rings. The van der Waals surface area contributed by atoms with Gasteiger partial charge >= 0.3 is 0 Å². The lowest BCUT2D eigenvalue weighted by molar-refractivity contribution is -0.134. The number of carbonyl (C=O) groups is 2. The summed E-state index contributed by atoms with van der Waals surface area (Å²) in [6.45, 7) is 14.9. The maximum absolute atomic E-state index is 13.8. The van der Waals surface area contributed by atoms with Gasteiger partial charge in [0, 0.05) is 11.8 Å². The minimum Gasteiger partial charge on any atom is -0.298 e. The van der Waals surface area contributed by atoms with Crippen molar-refractivity contribution in [2.24, 2.45) is 23.7 Å².